The molecule has 0 radical (unpaired) electrons. The molecule has 2 aliphatic heterocycles. The Balaban J connectivity index is 1.39. The van der Waals surface area contributed by atoms with Crippen molar-refractivity contribution in [1.29, 1.82) is 0 Å². The van der Waals surface area contributed by atoms with Crippen molar-refractivity contribution in [3.63, 3.8) is 0 Å². The lowest BCUT2D eigenvalue weighted by Gasteiger charge is -2.29. The zero-order valence-corrected chi connectivity index (χ0v) is 19.2. The van der Waals surface area contributed by atoms with E-state index in [1.807, 2.05) is 30.9 Å². The lowest BCUT2D eigenvalue weighted by molar-refractivity contribution is -0.120. The number of fused-ring (bicyclic) bond motifs is 2. The van der Waals surface area contributed by atoms with Gasteiger partial charge in [-0.1, -0.05) is 11.3 Å². The second kappa shape index (κ2) is 7.99. The van der Waals surface area contributed by atoms with E-state index in [1.165, 1.54) is 11.3 Å². The highest BCUT2D eigenvalue weighted by molar-refractivity contribution is 7.17. The molecule has 3 heterocycles. The van der Waals surface area contributed by atoms with E-state index in [9.17, 15) is 14.4 Å². The van der Waals surface area contributed by atoms with Crippen LogP contribution in [0.15, 0.2) is 18.2 Å². The molecule has 1 atom stereocenters. The summed E-state index contributed by atoms with van der Waals surface area (Å²) < 4.78 is 5.82. The van der Waals surface area contributed by atoms with Gasteiger partial charge in [-0.05, 0) is 51.3 Å². The summed E-state index contributed by atoms with van der Waals surface area (Å²) in [5.74, 6) is 0.990. The third kappa shape index (κ3) is 3.92. The van der Waals surface area contributed by atoms with Crippen LogP contribution in [0.5, 0.6) is 5.75 Å². The van der Waals surface area contributed by atoms with Gasteiger partial charge in [-0.2, -0.15) is 0 Å². The molecule has 1 aromatic carbocycles. The highest BCUT2D eigenvalue weighted by Gasteiger charge is 2.35. The third-order valence-corrected chi connectivity index (χ3v) is 7.60. The smallest absolute Gasteiger partial charge is 0.263 e. The predicted molar refractivity (Wildman–Crippen MR) is 122 cm³/mol. The van der Waals surface area contributed by atoms with E-state index < -0.39 is 0 Å². The number of nitrogens with zero attached hydrogens (tertiary/aromatic N) is 2. The Hall–Kier alpha value is -2.74. The quantitative estimate of drug-likeness (QED) is 0.687. The summed E-state index contributed by atoms with van der Waals surface area (Å²) in [5, 5.41) is 3.78. The Morgan fingerprint density at radius 2 is 2.19 bits per heavy atom. The van der Waals surface area contributed by atoms with Crippen molar-refractivity contribution in [2.45, 2.75) is 57.9 Å². The summed E-state index contributed by atoms with van der Waals surface area (Å²) >= 11 is 1.38. The van der Waals surface area contributed by atoms with E-state index >= 15 is 0 Å². The number of nitrogens with one attached hydrogen (secondary N) is 1. The van der Waals surface area contributed by atoms with Gasteiger partial charge in [-0.25, -0.2) is 4.98 Å². The molecular formula is C24H27N3O4S. The van der Waals surface area contributed by atoms with Crippen molar-refractivity contribution in [2.24, 2.45) is 5.92 Å². The van der Waals surface area contributed by atoms with Crippen molar-refractivity contribution >= 4 is 39.6 Å². The fourth-order valence-corrected chi connectivity index (χ4v) is 5.83. The lowest BCUT2D eigenvalue weighted by Crippen LogP contribution is -2.48. The molecule has 8 heteroatoms. The number of thiazole rings is 1. The zero-order chi connectivity index (χ0) is 22.5. The molecule has 1 unspecified atom stereocenters. The maximum Gasteiger partial charge on any atom is 0.263 e. The van der Waals surface area contributed by atoms with E-state index in [4.69, 9.17) is 9.72 Å². The molecule has 0 saturated heterocycles. The first-order chi connectivity index (χ1) is 15.3. The molecule has 1 amide bonds. The molecule has 5 rings (SSSR count). The summed E-state index contributed by atoms with van der Waals surface area (Å²) in [7, 11) is 0. The molecule has 32 heavy (non-hydrogen) atoms. The highest BCUT2D eigenvalue weighted by atomic mass is 32.1. The molecule has 1 aliphatic carbocycles. The standard InChI is InChI=1S/C24H27N3O4S/c1-24(2)13-16-21(22(30)26-24)32-23(25-16)27-10-11-31-20-9-7-15(12-17(20)27)19(29)8-6-14-4-3-5-18(14)28/h7,9,12,14H,3-6,8,10-11,13H2,1-2H3,(H,26,30). The number of ether oxygens (including phenoxy) is 1. The first-order valence-corrected chi connectivity index (χ1v) is 12.0. The average Bonchev–Trinajstić information content (AvgIpc) is 3.36. The number of rotatable bonds is 5. The van der Waals surface area contributed by atoms with Crippen LogP contribution >= 0.6 is 11.3 Å². The minimum absolute atomic E-state index is 0.0356. The number of amides is 1. The highest BCUT2D eigenvalue weighted by Crippen LogP contribution is 2.41. The third-order valence-electron chi connectivity index (χ3n) is 6.48. The van der Waals surface area contributed by atoms with Crippen molar-refractivity contribution in [2.75, 3.05) is 18.1 Å². The van der Waals surface area contributed by atoms with Crippen LogP contribution in [-0.4, -0.2) is 41.1 Å². The zero-order valence-electron chi connectivity index (χ0n) is 18.4. The van der Waals surface area contributed by atoms with Gasteiger partial charge in [-0.15, -0.1) is 0 Å². The molecule has 168 valence electrons. The van der Waals surface area contributed by atoms with Gasteiger partial charge in [0, 0.05) is 36.3 Å². The molecule has 7 nitrogen and oxygen atoms in total. The first kappa shape index (κ1) is 21.1. The van der Waals surface area contributed by atoms with Gasteiger partial charge in [0.1, 0.15) is 23.0 Å². The van der Waals surface area contributed by atoms with Crippen molar-refractivity contribution < 1.29 is 19.1 Å². The summed E-state index contributed by atoms with van der Waals surface area (Å²) in [6, 6.07) is 5.49. The molecule has 2 aromatic rings. The molecule has 1 aromatic heterocycles. The molecule has 0 bridgehead atoms. The Bertz CT molecular complexity index is 1110. The number of carbonyl (C=O) groups excluding carboxylic acids is 3. The van der Waals surface area contributed by atoms with Crippen LogP contribution in [0.4, 0.5) is 10.8 Å². The minimum atomic E-state index is -0.321. The molecule has 0 spiro atoms. The number of Topliss-reactive ketones (excluding diaryl/α,β-unsaturated/α-hetero) is 2. The second-order valence-corrected chi connectivity index (χ2v) is 10.5. The molecular weight excluding hydrogens is 426 g/mol. The van der Waals surface area contributed by atoms with E-state index in [0.717, 1.165) is 29.4 Å². The normalized spacial score (nSPS) is 21.6. The molecule has 3 aliphatic rings. The monoisotopic (exact) mass is 453 g/mol. The second-order valence-electron chi connectivity index (χ2n) is 9.49. The largest absolute Gasteiger partial charge is 0.490 e. The van der Waals surface area contributed by atoms with Crippen LogP contribution in [0, 0.1) is 5.92 Å². The number of benzene rings is 1. The number of aromatic nitrogens is 1. The fourth-order valence-electron chi connectivity index (χ4n) is 4.81. The van der Waals surface area contributed by atoms with Crippen molar-refractivity contribution in [3.05, 3.63) is 34.3 Å². The molecule has 1 saturated carbocycles. The topological polar surface area (TPSA) is 88.6 Å². The van der Waals surface area contributed by atoms with Crippen LogP contribution in [0.25, 0.3) is 0 Å². The number of ketones is 2. The summed E-state index contributed by atoms with van der Waals surface area (Å²) in [4.78, 5) is 44.8. The number of hydrogen-bond acceptors (Lipinski definition) is 7. The Labute approximate surface area is 191 Å². The first-order valence-electron chi connectivity index (χ1n) is 11.2. The van der Waals surface area contributed by atoms with Crippen LogP contribution < -0.4 is 15.0 Å². The van der Waals surface area contributed by atoms with Gasteiger partial charge >= 0.3 is 0 Å². The number of carbonyl (C=O) groups is 3. The minimum Gasteiger partial charge on any atom is -0.490 e. The van der Waals surface area contributed by atoms with Crippen molar-refractivity contribution in [3.8, 4) is 5.75 Å². The van der Waals surface area contributed by atoms with E-state index in [0.29, 0.717) is 60.8 Å². The average molecular weight is 454 g/mol. The van der Waals surface area contributed by atoms with Gasteiger partial charge in [0.05, 0.1) is 17.9 Å². The summed E-state index contributed by atoms with van der Waals surface area (Å²) in [6.45, 7) is 5.09. The maximum absolute atomic E-state index is 12.9. The lowest BCUT2D eigenvalue weighted by atomic mass is 9.94. The van der Waals surface area contributed by atoms with Crippen molar-refractivity contribution in [1.82, 2.24) is 10.3 Å². The van der Waals surface area contributed by atoms with Gasteiger partial charge in [0.15, 0.2) is 10.9 Å². The van der Waals surface area contributed by atoms with Crippen LogP contribution in [-0.2, 0) is 11.2 Å². The maximum atomic E-state index is 12.9. The summed E-state index contributed by atoms with van der Waals surface area (Å²) in [6.07, 6.45) is 4.17. The Morgan fingerprint density at radius 1 is 1.34 bits per heavy atom. The van der Waals surface area contributed by atoms with Crippen LogP contribution in [0.2, 0.25) is 0 Å². The molecule has 1 N–H and O–H groups in total. The Morgan fingerprint density at radius 3 is 2.97 bits per heavy atom. The molecule has 1 fully saturated rings. The van der Waals surface area contributed by atoms with Gasteiger partial charge in [-0.3, -0.25) is 14.4 Å². The SMILES string of the molecule is CC1(C)Cc2nc(N3CCOc4ccc(C(=O)CCC5CCCC5=O)cc43)sc2C(=O)N1. The Kier molecular flexibility index (Phi) is 5.28. The van der Waals surface area contributed by atoms with Gasteiger partial charge < -0.3 is 15.0 Å². The van der Waals surface area contributed by atoms with E-state index in [-0.39, 0.29) is 23.1 Å². The van der Waals surface area contributed by atoms with Gasteiger partial charge in [0.2, 0.25) is 0 Å². The van der Waals surface area contributed by atoms with Crippen LogP contribution in [0.1, 0.15) is 71.7 Å². The van der Waals surface area contributed by atoms with E-state index in [2.05, 4.69) is 5.32 Å². The van der Waals surface area contributed by atoms with Gasteiger partial charge in [0.25, 0.3) is 5.91 Å². The number of hydrogen-bond donors (Lipinski definition) is 1. The fraction of sp³-hybridized carbons (Fsp3) is 0.500. The van der Waals surface area contributed by atoms with Crippen LogP contribution in [0.3, 0.4) is 0 Å². The van der Waals surface area contributed by atoms with E-state index in [1.54, 1.807) is 6.07 Å². The predicted octanol–water partition coefficient (Wildman–Crippen LogP) is 4.07. The number of anilines is 2. The summed E-state index contributed by atoms with van der Waals surface area (Å²) in [5.41, 5.74) is 1.91.